The summed E-state index contributed by atoms with van der Waals surface area (Å²) in [5, 5.41) is 16.5. The Morgan fingerprint density at radius 1 is 1.06 bits per heavy atom. The van der Waals surface area contributed by atoms with Crippen LogP contribution in [-0.2, 0) is 9.59 Å². The van der Waals surface area contributed by atoms with Gasteiger partial charge in [-0.15, -0.1) is 6.58 Å². The second-order valence-corrected chi connectivity index (χ2v) is 3.39. The average Bonchev–Trinajstić information content (AvgIpc) is 2.26. The van der Waals surface area contributed by atoms with Crippen LogP contribution >= 0.6 is 0 Å². The van der Waals surface area contributed by atoms with Crippen LogP contribution < -0.4 is 0 Å². The highest BCUT2D eigenvalue weighted by Gasteiger charge is 2.00. The van der Waals surface area contributed by atoms with Gasteiger partial charge < -0.3 is 10.2 Å². The van der Waals surface area contributed by atoms with Gasteiger partial charge in [-0.1, -0.05) is 32.6 Å². The first-order chi connectivity index (χ1) is 7.86. The highest BCUT2D eigenvalue weighted by Crippen LogP contribution is 2.01. The van der Waals surface area contributed by atoms with Crippen molar-refractivity contribution in [1.82, 2.24) is 0 Å². The maximum Gasteiger partial charge on any atom is 0.330 e. The van der Waals surface area contributed by atoms with Gasteiger partial charge in [0.15, 0.2) is 0 Å². The van der Waals surface area contributed by atoms with E-state index < -0.39 is 11.9 Å². The molecule has 0 aromatic heterocycles. The third-order valence-electron chi connectivity index (χ3n) is 1.81. The van der Waals surface area contributed by atoms with Crippen LogP contribution in [0.15, 0.2) is 37.0 Å². The summed E-state index contributed by atoms with van der Waals surface area (Å²) in [7, 11) is 0. The van der Waals surface area contributed by atoms with Crippen LogP contribution in [0.4, 0.5) is 0 Å². The van der Waals surface area contributed by atoms with Crippen molar-refractivity contribution in [2.45, 2.75) is 32.6 Å². The van der Waals surface area contributed by atoms with Crippen molar-refractivity contribution in [3.05, 3.63) is 37.0 Å². The predicted molar refractivity (Wildman–Crippen MR) is 67.9 cm³/mol. The molecular formula is C13H20O4. The summed E-state index contributed by atoms with van der Waals surface area (Å²) in [6.07, 6.45) is 4.30. The summed E-state index contributed by atoms with van der Waals surface area (Å²) in [4.78, 5) is 20.1. The Balaban J connectivity index is 0. The van der Waals surface area contributed by atoms with Crippen LogP contribution in [0.3, 0.4) is 0 Å². The molecule has 0 aliphatic carbocycles. The van der Waals surface area contributed by atoms with Crippen LogP contribution in [0.1, 0.15) is 32.6 Å². The maximum absolute atomic E-state index is 10.1. The molecule has 4 nitrogen and oxygen atoms in total. The van der Waals surface area contributed by atoms with E-state index in [0.717, 1.165) is 6.42 Å². The van der Waals surface area contributed by atoms with Crippen molar-refractivity contribution in [3.8, 4) is 0 Å². The van der Waals surface area contributed by atoms with Crippen LogP contribution in [-0.4, -0.2) is 22.2 Å². The van der Waals surface area contributed by atoms with E-state index in [9.17, 15) is 9.59 Å². The number of carboxylic acid groups (broad SMARTS) is 2. The summed E-state index contributed by atoms with van der Waals surface area (Å²) >= 11 is 0. The number of carboxylic acids is 2. The molecule has 0 spiro atoms. The molecule has 0 aromatic carbocycles. The number of aliphatic carboxylic acids is 2. The number of rotatable bonds is 7. The summed E-state index contributed by atoms with van der Waals surface area (Å²) in [5.41, 5.74) is 0.544. The van der Waals surface area contributed by atoms with Gasteiger partial charge in [0.25, 0.3) is 0 Å². The Morgan fingerprint density at radius 3 is 1.71 bits per heavy atom. The SMILES string of the molecule is C=C(CCC)C(=O)O.C=CCCC(=C)C(=O)O. The highest BCUT2D eigenvalue weighted by atomic mass is 16.4. The first kappa shape index (κ1) is 17.6. The van der Waals surface area contributed by atoms with Crippen molar-refractivity contribution in [2.24, 2.45) is 0 Å². The van der Waals surface area contributed by atoms with Crippen LogP contribution in [0.5, 0.6) is 0 Å². The summed E-state index contributed by atoms with van der Waals surface area (Å²) < 4.78 is 0. The summed E-state index contributed by atoms with van der Waals surface area (Å²) in [6, 6.07) is 0. The van der Waals surface area contributed by atoms with E-state index >= 15 is 0 Å². The lowest BCUT2D eigenvalue weighted by Crippen LogP contribution is -1.97. The molecular weight excluding hydrogens is 220 g/mol. The molecule has 0 fully saturated rings. The van der Waals surface area contributed by atoms with E-state index in [0.29, 0.717) is 24.8 Å². The highest BCUT2D eigenvalue weighted by molar-refractivity contribution is 5.85. The monoisotopic (exact) mass is 240 g/mol. The Labute approximate surface area is 102 Å². The van der Waals surface area contributed by atoms with Crippen LogP contribution in [0.25, 0.3) is 0 Å². The van der Waals surface area contributed by atoms with Gasteiger partial charge >= 0.3 is 11.9 Å². The minimum atomic E-state index is -0.920. The predicted octanol–water partition coefficient (Wildman–Crippen LogP) is 3.02. The molecule has 17 heavy (non-hydrogen) atoms. The van der Waals surface area contributed by atoms with E-state index in [1.165, 1.54) is 0 Å². The standard InChI is InChI=1S/C7H10O2.C6H10O2/c1-3-4-5-6(2)7(8)9;1-3-4-5(2)6(7)8/h3H,1-2,4-5H2,(H,8,9);2-4H2,1H3,(H,7,8). The molecule has 0 saturated carbocycles. The van der Waals surface area contributed by atoms with Gasteiger partial charge in [0.05, 0.1) is 0 Å². The lowest BCUT2D eigenvalue weighted by Gasteiger charge is -1.93. The van der Waals surface area contributed by atoms with E-state index in [-0.39, 0.29) is 5.57 Å². The quantitative estimate of drug-likeness (QED) is 0.530. The molecule has 0 rings (SSSR count). The summed E-state index contributed by atoms with van der Waals surface area (Å²) in [5.74, 6) is -1.80. The Kier molecular flexibility index (Phi) is 11.0. The van der Waals surface area contributed by atoms with Crippen molar-refractivity contribution in [1.29, 1.82) is 0 Å². The lowest BCUT2D eigenvalue weighted by molar-refractivity contribution is -0.133. The van der Waals surface area contributed by atoms with Crippen LogP contribution in [0, 0.1) is 0 Å². The first-order valence-corrected chi connectivity index (χ1v) is 5.29. The fourth-order valence-electron chi connectivity index (χ4n) is 0.792. The Morgan fingerprint density at radius 2 is 1.47 bits per heavy atom. The van der Waals surface area contributed by atoms with Gasteiger partial charge in [0, 0.05) is 11.1 Å². The molecule has 0 aliphatic rings. The molecule has 0 bridgehead atoms. The molecule has 0 aliphatic heterocycles. The average molecular weight is 240 g/mol. The van der Waals surface area contributed by atoms with Gasteiger partial charge in [-0.05, 0) is 19.3 Å². The molecule has 0 aromatic rings. The first-order valence-electron chi connectivity index (χ1n) is 5.29. The van der Waals surface area contributed by atoms with Gasteiger partial charge in [-0.3, -0.25) is 0 Å². The molecule has 96 valence electrons. The number of allylic oxidation sites excluding steroid dienone is 1. The van der Waals surface area contributed by atoms with Crippen LogP contribution in [0.2, 0.25) is 0 Å². The minimum absolute atomic E-state index is 0.245. The summed E-state index contributed by atoms with van der Waals surface area (Å²) in [6.45, 7) is 12.1. The second-order valence-electron chi connectivity index (χ2n) is 3.39. The Bertz CT molecular complexity index is 303. The molecule has 0 heterocycles. The van der Waals surface area contributed by atoms with Gasteiger partial charge in [0.2, 0.25) is 0 Å². The smallest absolute Gasteiger partial charge is 0.330 e. The zero-order valence-corrected chi connectivity index (χ0v) is 10.2. The van der Waals surface area contributed by atoms with E-state index in [4.69, 9.17) is 10.2 Å². The fraction of sp³-hybridized carbons (Fsp3) is 0.385. The van der Waals surface area contributed by atoms with Crippen molar-refractivity contribution in [2.75, 3.05) is 0 Å². The second kappa shape index (κ2) is 10.7. The van der Waals surface area contributed by atoms with Gasteiger partial charge in [-0.2, -0.15) is 0 Å². The van der Waals surface area contributed by atoms with Crippen molar-refractivity contribution in [3.63, 3.8) is 0 Å². The zero-order valence-electron chi connectivity index (χ0n) is 10.2. The Hall–Kier alpha value is -1.84. The molecule has 0 saturated heterocycles. The van der Waals surface area contributed by atoms with Gasteiger partial charge in [0.1, 0.15) is 0 Å². The van der Waals surface area contributed by atoms with Gasteiger partial charge in [-0.25, -0.2) is 9.59 Å². The minimum Gasteiger partial charge on any atom is -0.478 e. The molecule has 4 heteroatoms. The number of hydrogen-bond acceptors (Lipinski definition) is 2. The van der Waals surface area contributed by atoms with E-state index in [1.807, 2.05) is 6.92 Å². The van der Waals surface area contributed by atoms with E-state index in [2.05, 4.69) is 19.7 Å². The largest absolute Gasteiger partial charge is 0.478 e. The number of carbonyl (C=O) groups is 2. The molecule has 0 radical (unpaired) electrons. The molecule has 0 unspecified atom stereocenters. The maximum atomic E-state index is 10.1. The third-order valence-corrected chi connectivity index (χ3v) is 1.81. The molecule has 2 N–H and O–H groups in total. The third kappa shape index (κ3) is 12.1. The lowest BCUT2D eigenvalue weighted by atomic mass is 10.2. The fourth-order valence-corrected chi connectivity index (χ4v) is 0.792. The molecule has 0 atom stereocenters. The van der Waals surface area contributed by atoms with Crippen molar-refractivity contribution >= 4 is 11.9 Å². The normalized spacial score (nSPS) is 8.53. The van der Waals surface area contributed by atoms with Crippen molar-refractivity contribution < 1.29 is 19.8 Å². The number of hydrogen-bond donors (Lipinski definition) is 2. The zero-order chi connectivity index (χ0) is 13.8. The van der Waals surface area contributed by atoms with E-state index in [1.54, 1.807) is 6.08 Å². The topological polar surface area (TPSA) is 74.6 Å². The molecule has 0 amide bonds.